The van der Waals surface area contributed by atoms with Gasteiger partial charge in [0.2, 0.25) is 0 Å². The molecule has 1 aliphatic rings. The summed E-state index contributed by atoms with van der Waals surface area (Å²) in [5, 5.41) is 23.1. The predicted molar refractivity (Wildman–Crippen MR) is 55.4 cm³/mol. The fourth-order valence-electron chi connectivity index (χ4n) is 2.15. The van der Waals surface area contributed by atoms with Crippen molar-refractivity contribution in [3.63, 3.8) is 0 Å². The van der Waals surface area contributed by atoms with Gasteiger partial charge in [-0.1, -0.05) is 0 Å². The number of carboxylic acid groups (broad SMARTS) is 1. The van der Waals surface area contributed by atoms with Gasteiger partial charge < -0.3 is 10.2 Å². The van der Waals surface area contributed by atoms with Gasteiger partial charge in [0.25, 0.3) is 0 Å². The van der Waals surface area contributed by atoms with E-state index in [1.807, 2.05) is 0 Å². The molecule has 0 fully saturated rings. The molecule has 1 aliphatic carbocycles. The third kappa shape index (κ3) is 1.57. The Morgan fingerprint density at radius 3 is 3.00 bits per heavy atom. The maximum Gasteiger partial charge on any atom is 0.306 e. The van der Waals surface area contributed by atoms with Gasteiger partial charge in [0.15, 0.2) is 0 Å². The Bertz CT molecular complexity index is 429. The smallest absolute Gasteiger partial charge is 0.306 e. The van der Waals surface area contributed by atoms with Crippen LogP contribution in [0.5, 0.6) is 0 Å². The zero-order valence-electron chi connectivity index (χ0n) is 8.20. The molecule has 6 heteroatoms. The third-order valence-electron chi connectivity index (χ3n) is 2.81. The van der Waals surface area contributed by atoms with Gasteiger partial charge >= 0.3 is 5.97 Å². The molecule has 0 saturated carbocycles. The van der Waals surface area contributed by atoms with E-state index in [0.29, 0.717) is 23.0 Å². The number of hydrogen-bond donors (Lipinski definition) is 2. The monoisotopic (exact) mass is 274 g/mol. The van der Waals surface area contributed by atoms with Crippen LogP contribution in [0.2, 0.25) is 0 Å². The molecule has 15 heavy (non-hydrogen) atoms. The second-order valence-corrected chi connectivity index (χ2v) is 4.59. The molecule has 2 N–H and O–H groups in total. The molecule has 1 heterocycles. The molecule has 0 spiro atoms. The second kappa shape index (κ2) is 3.31. The van der Waals surface area contributed by atoms with Crippen molar-refractivity contribution in [2.75, 3.05) is 0 Å². The van der Waals surface area contributed by atoms with Gasteiger partial charge in [-0.15, -0.1) is 0 Å². The van der Waals surface area contributed by atoms with Crippen molar-refractivity contribution in [3.8, 4) is 0 Å². The minimum absolute atomic E-state index is 0.274. The fraction of sp³-hybridized carbons (Fsp3) is 0.556. The van der Waals surface area contributed by atoms with Gasteiger partial charge in [0.1, 0.15) is 10.2 Å². The highest BCUT2D eigenvalue weighted by molar-refractivity contribution is 9.10. The molecule has 0 bridgehead atoms. The number of aryl methyl sites for hydroxylation is 1. The summed E-state index contributed by atoms with van der Waals surface area (Å²) in [6.45, 7) is 0. The van der Waals surface area contributed by atoms with Crippen molar-refractivity contribution >= 4 is 21.9 Å². The molecule has 5 nitrogen and oxygen atoms in total. The quantitative estimate of drug-likeness (QED) is 0.836. The van der Waals surface area contributed by atoms with E-state index in [-0.39, 0.29) is 6.42 Å². The maximum atomic E-state index is 10.7. The van der Waals surface area contributed by atoms with Gasteiger partial charge in [-0.3, -0.25) is 9.48 Å². The molecule has 0 amide bonds. The lowest BCUT2D eigenvalue weighted by Crippen LogP contribution is -2.26. The van der Waals surface area contributed by atoms with E-state index in [4.69, 9.17) is 5.11 Å². The number of halogens is 1. The fourth-order valence-corrected chi connectivity index (χ4v) is 2.98. The third-order valence-corrected chi connectivity index (χ3v) is 3.36. The van der Waals surface area contributed by atoms with Gasteiger partial charge in [0, 0.05) is 18.3 Å². The number of aliphatic carboxylic acids is 1. The molecule has 82 valence electrons. The average Bonchev–Trinajstić information content (AvgIpc) is 2.54. The molecule has 0 aromatic carbocycles. The lowest BCUT2D eigenvalue weighted by Gasteiger charge is -2.20. The standard InChI is InChI=1S/C9H11BrN2O3/c1-12-5-2-3-9(15,4-6(13)14)7(5)8(10)11-12/h15H,2-4H2,1H3,(H,13,14). The highest BCUT2D eigenvalue weighted by Gasteiger charge is 2.43. The molecule has 1 atom stereocenters. The minimum atomic E-state index is -1.27. The first-order valence-corrected chi connectivity index (χ1v) is 5.39. The SMILES string of the molecule is Cn1nc(Br)c2c1CCC2(O)CC(=O)O. The van der Waals surface area contributed by atoms with Crippen LogP contribution in [0.1, 0.15) is 24.1 Å². The van der Waals surface area contributed by atoms with Gasteiger partial charge in [-0.05, 0) is 28.8 Å². The van der Waals surface area contributed by atoms with Gasteiger partial charge in [-0.2, -0.15) is 5.10 Å². The molecular formula is C9H11BrN2O3. The highest BCUT2D eigenvalue weighted by atomic mass is 79.9. The number of rotatable bonds is 2. The number of carboxylic acids is 1. The zero-order chi connectivity index (χ0) is 11.2. The lowest BCUT2D eigenvalue weighted by molar-refractivity contribution is -0.142. The Kier molecular flexibility index (Phi) is 2.35. The van der Waals surface area contributed by atoms with Crippen LogP contribution in [0, 0.1) is 0 Å². The van der Waals surface area contributed by atoms with Crippen LogP contribution in [0.25, 0.3) is 0 Å². The first kappa shape index (κ1) is 10.6. The first-order valence-electron chi connectivity index (χ1n) is 4.60. The van der Waals surface area contributed by atoms with Crippen LogP contribution in [0.15, 0.2) is 4.60 Å². The maximum absolute atomic E-state index is 10.7. The summed E-state index contributed by atoms with van der Waals surface area (Å²) in [5.41, 5.74) is 0.270. The number of nitrogens with zero attached hydrogens (tertiary/aromatic N) is 2. The summed E-state index contributed by atoms with van der Waals surface area (Å²) in [4.78, 5) is 10.7. The van der Waals surface area contributed by atoms with Gasteiger partial charge in [-0.25, -0.2) is 0 Å². The van der Waals surface area contributed by atoms with Crippen LogP contribution < -0.4 is 0 Å². The Morgan fingerprint density at radius 1 is 1.73 bits per heavy atom. The van der Waals surface area contributed by atoms with E-state index >= 15 is 0 Å². The summed E-state index contributed by atoms with van der Waals surface area (Å²) in [6.07, 6.45) is 0.831. The summed E-state index contributed by atoms with van der Waals surface area (Å²) < 4.78 is 2.22. The molecule has 0 saturated heterocycles. The predicted octanol–water partition coefficient (Wildman–Crippen LogP) is 0.791. The Labute approximate surface area is 94.8 Å². The van der Waals surface area contributed by atoms with E-state index in [0.717, 1.165) is 5.69 Å². The molecule has 0 aliphatic heterocycles. The topological polar surface area (TPSA) is 75.3 Å². The number of aromatic nitrogens is 2. The molecule has 0 radical (unpaired) electrons. The van der Waals surface area contributed by atoms with Crippen LogP contribution in [0.3, 0.4) is 0 Å². The Balaban J connectivity index is 2.46. The van der Waals surface area contributed by atoms with Gasteiger partial charge in [0.05, 0.1) is 6.42 Å². The number of fused-ring (bicyclic) bond motifs is 1. The van der Waals surface area contributed by atoms with Crippen molar-refractivity contribution in [1.82, 2.24) is 9.78 Å². The van der Waals surface area contributed by atoms with E-state index in [9.17, 15) is 9.90 Å². The minimum Gasteiger partial charge on any atom is -0.481 e. The highest BCUT2D eigenvalue weighted by Crippen LogP contribution is 2.42. The molecule has 1 aromatic rings. The Morgan fingerprint density at radius 2 is 2.40 bits per heavy atom. The molecule has 1 unspecified atom stereocenters. The summed E-state index contributed by atoms with van der Waals surface area (Å²) in [6, 6.07) is 0. The number of carbonyl (C=O) groups is 1. The van der Waals surface area contributed by atoms with Crippen LogP contribution in [-0.4, -0.2) is 26.0 Å². The van der Waals surface area contributed by atoms with E-state index < -0.39 is 11.6 Å². The summed E-state index contributed by atoms with van der Waals surface area (Å²) in [7, 11) is 1.79. The van der Waals surface area contributed by atoms with E-state index in [1.165, 1.54) is 0 Å². The van der Waals surface area contributed by atoms with Crippen molar-refractivity contribution in [1.29, 1.82) is 0 Å². The van der Waals surface area contributed by atoms with Crippen LogP contribution >= 0.6 is 15.9 Å². The van der Waals surface area contributed by atoms with Crippen molar-refractivity contribution in [3.05, 3.63) is 15.9 Å². The number of hydrogen-bond acceptors (Lipinski definition) is 3. The zero-order valence-corrected chi connectivity index (χ0v) is 9.78. The van der Waals surface area contributed by atoms with Crippen molar-refractivity contribution in [2.24, 2.45) is 7.05 Å². The van der Waals surface area contributed by atoms with Crippen molar-refractivity contribution < 1.29 is 15.0 Å². The van der Waals surface area contributed by atoms with E-state index in [2.05, 4.69) is 21.0 Å². The van der Waals surface area contributed by atoms with Crippen LogP contribution in [-0.2, 0) is 23.9 Å². The summed E-state index contributed by atoms with van der Waals surface area (Å²) >= 11 is 3.25. The average molecular weight is 275 g/mol. The first-order chi connectivity index (χ1) is 6.94. The molecule has 2 rings (SSSR count). The van der Waals surface area contributed by atoms with E-state index in [1.54, 1.807) is 11.7 Å². The largest absolute Gasteiger partial charge is 0.481 e. The van der Waals surface area contributed by atoms with Crippen LogP contribution in [0.4, 0.5) is 0 Å². The Hall–Kier alpha value is -0.880. The van der Waals surface area contributed by atoms with Crippen molar-refractivity contribution in [2.45, 2.75) is 24.9 Å². The lowest BCUT2D eigenvalue weighted by atomic mass is 9.94. The normalized spacial score (nSPS) is 24.2. The second-order valence-electron chi connectivity index (χ2n) is 3.84. The summed E-state index contributed by atoms with van der Waals surface area (Å²) in [5.74, 6) is -0.999. The molecule has 1 aromatic heterocycles. The molecular weight excluding hydrogens is 264 g/mol. The number of aliphatic hydroxyl groups is 1.